The second-order valence-electron chi connectivity index (χ2n) is 2.23. The zero-order chi connectivity index (χ0) is 7.40. The third-order valence-corrected chi connectivity index (χ3v) is 2.04. The quantitative estimate of drug-likeness (QED) is 0.688. The Kier molecular flexibility index (Phi) is 2.93. The van der Waals surface area contributed by atoms with Gasteiger partial charge in [-0.2, -0.15) is 0 Å². The lowest BCUT2D eigenvalue weighted by atomic mass is 10.1. The van der Waals surface area contributed by atoms with Crippen molar-refractivity contribution in [1.29, 1.82) is 0 Å². The smallest absolute Gasteiger partial charge is 0.247 e. The summed E-state index contributed by atoms with van der Waals surface area (Å²) in [6.45, 7) is 0.719. The maximum absolute atomic E-state index is 10.9. The molecule has 1 rings (SSSR count). The van der Waals surface area contributed by atoms with E-state index in [1.54, 1.807) is 0 Å². The molecule has 0 unspecified atom stereocenters. The van der Waals surface area contributed by atoms with Crippen molar-refractivity contribution in [2.45, 2.75) is 12.8 Å². The fraction of sp³-hybridized carbons (Fsp3) is 0.571. The lowest BCUT2D eigenvalue weighted by Crippen LogP contribution is -2.17. The van der Waals surface area contributed by atoms with Crippen LogP contribution >= 0.6 is 15.9 Å². The van der Waals surface area contributed by atoms with Crippen LogP contribution < -0.4 is 5.32 Å². The third-order valence-electron chi connectivity index (χ3n) is 1.48. The van der Waals surface area contributed by atoms with E-state index in [2.05, 4.69) is 21.2 Å². The van der Waals surface area contributed by atoms with Gasteiger partial charge in [0.25, 0.3) is 0 Å². The molecule has 1 aliphatic heterocycles. The summed E-state index contributed by atoms with van der Waals surface area (Å²) in [5, 5.41) is 3.70. The van der Waals surface area contributed by atoms with Crippen LogP contribution in [-0.4, -0.2) is 17.8 Å². The first-order valence-corrected chi connectivity index (χ1v) is 4.50. The highest BCUT2D eigenvalue weighted by Gasteiger charge is 2.12. The van der Waals surface area contributed by atoms with Crippen LogP contribution in [0.25, 0.3) is 0 Å². The minimum Gasteiger partial charge on any atom is -0.349 e. The summed E-state index contributed by atoms with van der Waals surface area (Å²) < 4.78 is 0. The maximum Gasteiger partial charge on any atom is 0.247 e. The minimum atomic E-state index is 0.112. The van der Waals surface area contributed by atoms with Crippen molar-refractivity contribution < 1.29 is 4.79 Å². The van der Waals surface area contributed by atoms with E-state index < -0.39 is 0 Å². The Balaban J connectivity index is 2.33. The first-order valence-electron chi connectivity index (χ1n) is 3.38. The minimum absolute atomic E-state index is 0.112. The topological polar surface area (TPSA) is 29.1 Å². The molecule has 0 aromatic rings. The molecule has 1 aliphatic rings. The molecule has 0 atom stereocenters. The Morgan fingerprint density at radius 3 is 3.00 bits per heavy atom. The van der Waals surface area contributed by atoms with Gasteiger partial charge in [0.15, 0.2) is 0 Å². The van der Waals surface area contributed by atoms with Gasteiger partial charge in [-0.15, -0.1) is 0 Å². The van der Waals surface area contributed by atoms with Crippen molar-refractivity contribution in [3.63, 3.8) is 0 Å². The first kappa shape index (κ1) is 7.79. The van der Waals surface area contributed by atoms with Gasteiger partial charge < -0.3 is 5.32 Å². The molecule has 1 N–H and O–H groups in total. The fourth-order valence-corrected chi connectivity index (χ4v) is 1.23. The van der Waals surface area contributed by atoms with Crippen molar-refractivity contribution in [2.24, 2.45) is 0 Å². The molecule has 0 aliphatic carbocycles. The van der Waals surface area contributed by atoms with Gasteiger partial charge in [0.2, 0.25) is 5.91 Å². The third kappa shape index (κ3) is 1.84. The van der Waals surface area contributed by atoms with E-state index in [0.29, 0.717) is 0 Å². The number of alkyl halides is 1. The monoisotopic (exact) mass is 203 g/mol. The molecule has 0 aromatic carbocycles. The van der Waals surface area contributed by atoms with Crippen LogP contribution in [0.3, 0.4) is 0 Å². The van der Waals surface area contributed by atoms with Crippen molar-refractivity contribution in [3.8, 4) is 0 Å². The van der Waals surface area contributed by atoms with Crippen molar-refractivity contribution in [1.82, 2.24) is 5.32 Å². The van der Waals surface area contributed by atoms with Gasteiger partial charge >= 0.3 is 0 Å². The number of hydrogen-bond acceptors (Lipinski definition) is 1. The number of hydrogen-bond donors (Lipinski definition) is 1. The van der Waals surface area contributed by atoms with Gasteiger partial charge in [-0.25, -0.2) is 0 Å². The van der Waals surface area contributed by atoms with Crippen LogP contribution in [0.1, 0.15) is 12.8 Å². The van der Waals surface area contributed by atoms with Gasteiger partial charge in [-0.3, -0.25) is 4.79 Å². The van der Waals surface area contributed by atoms with Gasteiger partial charge in [-0.05, 0) is 12.8 Å². The zero-order valence-electron chi connectivity index (χ0n) is 5.69. The van der Waals surface area contributed by atoms with Crippen LogP contribution in [-0.2, 0) is 4.79 Å². The summed E-state index contributed by atoms with van der Waals surface area (Å²) in [7, 11) is 0. The second-order valence-corrected chi connectivity index (χ2v) is 3.02. The maximum atomic E-state index is 10.9. The van der Waals surface area contributed by atoms with E-state index in [4.69, 9.17) is 0 Å². The van der Waals surface area contributed by atoms with Crippen LogP contribution in [0.5, 0.6) is 0 Å². The second kappa shape index (κ2) is 3.76. The highest BCUT2D eigenvalue weighted by Crippen LogP contribution is 2.09. The Bertz CT molecular complexity index is 165. The summed E-state index contributed by atoms with van der Waals surface area (Å²) in [6.07, 6.45) is 3.90. The number of carbonyl (C=O) groups excluding carboxylic acids is 1. The van der Waals surface area contributed by atoms with Crippen LogP contribution in [0, 0.1) is 0 Å². The molecule has 0 radical (unpaired) electrons. The highest BCUT2D eigenvalue weighted by atomic mass is 79.9. The van der Waals surface area contributed by atoms with Crippen molar-refractivity contribution >= 4 is 21.8 Å². The number of rotatable bonds is 3. The summed E-state index contributed by atoms with van der Waals surface area (Å²) >= 11 is 3.32. The summed E-state index contributed by atoms with van der Waals surface area (Å²) in [5.74, 6) is 0.112. The average Bonchev–Trinajstić information content (AvgIpc) is 2.31. The van der Waals surface area contributed by atoms with E-state index in [1.165, 1.54) is 0 Å². The Labute approximate surface area is 68.8 Å². The molecule has 0 bridgehead atoms. The molecule has 10 heavy (non-hydrogen) atoms. The normalized spacial score (nSPS) is 16.9. The SMILES string of the molecule is O=C1NCC=C1CCCBr. The van der Waals surface area contributed by atoms with E-state index >= 15 is 0 Å². The molecule has 1 amide bonds. The summed E-state index contributed by atoms with van der Waals surface area (Å²) in [5.41, 5.74) is 0.944. The Morgan fingerprint density at radius 2 is 2.50 bits per heavy atom. The predicted molar refractivity (Wildman–Crippen MR) is 44.1 cm³/mol. The fourth-order valence-electron chi connectivity index (χ4n) is 0.946. The standard InChI is InChI=1S/C7H10BrNO/c8-4-1-2-6-3-5-9-7(6)10/h3H,1-2,4-5H2,(H,9,10). The number of nitrogens with one attached hydrogen (secondary N) is 1. The van der Waals surface area contributed by atoms with E-state index in [-0.39, 0.29) is 5.91 Å². The number of amides is 1. The highest BCUT2D eigenvalue weighted by molar-refractivity contribution is 9.09. The largest absolute Gasteiger partial charge is 0.349 e. The lowest BCUT2D eigenvalue weighted by Gasteiger charge is -1.95. The molecule has 0 saturated carbocycles. The molecule has 0 saturated heterocycles. The summed E-state index contributed by atoms with van der Waals surface area (Å²) in [6, 6.07) is 0. The van der Waals surface area contributed by atoms with Gasteiger partial charge in [-0.1, -0.05) is 22.0 Å². The Morgan fingerprint density at radius 1 is 1.70 bits per heavy atom. The number of carbonyl (C=O) groups is 1. The van der Waals surface area contributed by atoms with Crippen molar-refractivity contribution in [3.05, 3.63) is 11.6 Å². The van der Waals surface area contributed by atoms with E-state index in [9.17, 15) is 4.79 Å². The first-order chi connectivity index (χ1) is 4.84. The van der Waals surface area contributed by atoms with Crippen LogP contribution in [0.15, 0.2) is 11.6 Å². The molecule has 3 heteroatoms. The van der Waals surface area contributed by atoms with Crippen LogP contribution in [0.4, 0.5) is 0 Å². The number of halogens is 1. The molecular formula is C7H10BrNO. The van der Waals surface area contributed by atoms with Gasteiger partial charge in [0.1, 0.15) is 0 Å². The Hall–Kier alpha value is -0.310. The molecule has 0 fully saturated rings. The molecular weight excluding hydrogens is 194 g/mol. The van der Waals surface area contributed by atoms with Crippen molar-refractivity contribution in [2.75, 3.05) is 11.9 Å². The average molecular weight is 204 g/mol. The van der Waals surface area contributed by atoms with Gasteiger partial charge in [0, 0.05) is 17.4 Å². The zero-order valence-corrected chi connectivity index (χ0v) is 7.28. The molecule has 56 valence electrons. The molecule has 0 spiro atoms. The lowest BCUT2D eigenvalue weighted by molar-refractivity contribution is -0.116. The predicted octanol–water partition coefficient (Wildman–Crippen LogP) is 1.22. The van der Waals surface area contributed by atoms with E-state index in [0.717, 1.165) is 30.3 Å². The van der Waals surface area contributed by atoms with E-state index in [1.807, 2.05) is 6.08 Å². The van der Waals surface area contributed by atoms with Crippen LogP contribution in [0.2, 0.25) is 0 Å². The summed E-state index contributed by atoms with van der Waals surface area (Å²) in [4.78, 5) is 10.9. The van der Waals surface area contributed by atoms with Gasteiger partial charge in [0.05, 0.1) is 0 Å². The molecule has 1 heterocycles. The molecule has 0 aromatic heterocycles. The molecule has 2 nitrogen and oxygen atoms in total.